The molecule has 2 aliphatic heterocycles. The third-order valence-corrected chi connectivity index (χ3v) is 7.14. The Bertz CT molecular complexity index is 1180. The zero-order valence-electron chi connectivity index (χ0n) is 21.9. The lowest BCUT2D eigenvalue weighted by Crippen LogP contribution is -2.50. The molecule has 0 bridgehead atoms. The van der Waals surface area contributed by atoms with Crippen molar-refractivity contribution in [2.45, 2.75) is 38.8 Å². The molecular weight excluding hydrogens is 470 g/mol. The van der Waals surface area contributed by atoms with Crippen LogP contribution in [0.1, 0.15) is 54.7 Å². The Morgan fingerprint density at radius 3 is 2.27 bits per heavy atom. The zero-order valence-corrected chi connectivity index (χ0v) is 21.9. The smallest absolute Gasteiger partial charge is 0.409 e. The van der Waals surface area contributed by atoms with E-state index in [2.05, 4.69) is 19.2 Å². The van der Waals surface area contributed by atoms with E-state index >= 15 is 0 Å². The van der Waals surface area contributed by atoms with Crippen LogP contribution < -0.4 is 5.32 Å². The molecule has 2 aliphatic rings. The van der Waals surface area contributed by atoms with Crippen molar-refractivity contribution < 1.29 is 19.1 Å². The second kappa shape index (κ2) is 10.6. The van der Waals surface area contributed by atoms with E-state index in [1.54, 1.807) is 28.0 Å². The first-order valence-electron chi connectivity index (χ1n) is 12.7. The normalized spacial score (nSPS) is 20.7. The highest BCUT2D eigenvalue weighted by atomic mass is 16.5. The van der Waals surface area contributed by atoms with E-state index in [1.807, 2.05) is 43.3 Å². The monoisotopic (exact) mass is 505 g/mol. The minimum atomic E-state index is -1.01. The van der Waals surface area contributed by atoms with Crippen LogP contribution in [0.4, 0.5) is 4.79 Å². The third-order valence-electron chi connectivity index (χ3n) is 7.14. The molecule has 2 atom stereocenters. The first-order valence-corrected chi connectivity index (χ1v) is 12.7. The van der Waals surface area contributed by atoms with Gasteiger partial charge in [0, 0.05) is 31.7 Å². The second-order valence-corrected chi connectivity index (χ2v) is 10.1. The number of piperazine rings is 1. The first kappa shape index (κ1) is 26.2. The fourth-order valence-electron chi connectivity index (χ4n) is 5.26. The number of guanidine groups is 1. The van der Waals surface area contributed by atoms with Crippen LogP contribution in [0.5, 0.6) is 0 Å². The molecule has 0 aromatic heterocycles. The highest BCUT2D eigenvalue weighted by molar-refractivity contribution is 6.08. The number of benzene rings is 2. The van der Waals surface area contributed by atoms with Gasteiger partial charge in [-0.1, -0.05) is 56.3 Å². The van der Waals surface area contributed by atoms with Gasteiger partial charge in [-0.05, 0) is 42.5 Å². The van der Waals surface area contributed by atoms with Gasteiger partial charge in [0.1, 0.15) is 5.54 Å². The highest BCUT2D eigenvalue weighted by Crippen LogP contribution is 2.38. The van der Waals surface area contributed by atoms with Gasteiger partial charge in [-0.25, -0.2) is 4.79 Å². The van der Waals surface area contributed by atoms with Crippen LogP contribution in [0.25, 0.3) is 0 Å². The summed E-state index contributed by atoms with van der Waals surface area (Å²) >= 11 is 0. The van der Waals surface area contributed by atoms with Crippen LogP contribution in [-0.2, 0) is 15.1 Å². The molecule has 3 amide bonds. The number of hydrogen-bond acceptors (Lipinski definition) is 5. The Hall–Kier alpha value is -3.88. The van der Waals surface area contributed by atoms with Gasteiger partial charge in [0.2, 0.25) is 0 Å². The molecule has 196 valence electrons. The molecule has 2 aromatic rings. The van der Waals surface area contributed by atoms with E-state index in [0.717, 1.165) is 11.1 Å². The molecule has 2 saturated heterocycles. The predicted octanol–water partition coefficient (Wildman–Crippen LogP) is 3.58. The van der Waals surface area contributed by atoms with Crippen molar-refractivity contribution in [1.29, 1.82) is 5.41 Å². The van der Waals surface area contributed by atoms with Gasteiger partial charge in [0.05, 0.1) is 13.2 Å². The molecule has 0 radical (unpaired) electrons. The zero-order chi connectivity index (χ0) is 26.7. The molecule has 0 aliphatic carbocycles. The van der Waals surface area contributed by atoms with Crippen LogP contribution in [0.2, 0.25) is 0 Å². The van der Waals surface area contributed by atoms with Gasteiger partial charge in [-0.2, -0.15) is 0 Å². The maximum Gasteiger partial charge on any atom is 0.409 e. The molecular formula is C28H35N5O4. The number of carbonyl (C=O) groups is 3. The number of ether oxygens (including phenoxy) is 1. The van der Waals surface area contributed by atoms with E-state index in [0.29, 0.717) is 38.2 Å². The van der Waals surface area contributed by atoms with E-state index in [1.165, 1.54) is 12.0 Å². The largest absolute Gasteiger partial charge is 0.453 e. The number of nitrogens with zero attached hydrogens (tertiary/aromatic N) is 3. The highest BCUT2D eigenvalue weighted by Gasteiger charge is 2.52. The fourth-order valence-corrected chi connectivity index (χ4v) is 5.26. The summed E-state index contributed by atoms with van der Waals surface area (Å²) in [5.41, 5.74) is 1.11. The van der Waals surface area contributed by atoms with Crippen LogP contribution in [0, 0.1) is 11.3 Å². The minimum Gasteiger partial charge on any atom is -0.453 e. The number of methoxy groups -OCH3 is 1. The maximum absolute atomic E-state index is 14.0. The summed E-state index contributed by atoms with van der Waals surface area (Å²) in [7, 11) is 1.35. The van der Waals surface area contributed by atoms with Gasteiger partial charge in [-0.3, -0.25) is 19.9 Å². The molecule has 9 nitrogen and oxygen atoms in total. The lowest BCUT2D eigenvalue weighted by molar-refractivity contribution is -0.133. The van der Waals surface area contributed by atoms with Crippen molar-refractivity contribution in [3.8, 4) is 0 Å². The molecule has 2 heterocycles. The molecule has 0 unspecified atom stereocenters. The van der Waals surface area contributed by atoms with Gasteiger partial charge >= 0.3 is 6.09 Å². The molecule has 37 heavy (non-hydrogen) atoms. The van der Waals surface area contributed by atoms with Crippen LogP contribution in [0.3, 0.4) is 0 Å². The molecule has 0 saturated carbocycles. The Balaban J connectivity index is 1.55. The number of nitrogens with one attached hydrogen (secondary N) is 2. The standard InChI is InChI=1S/C28H35N5O4/c1-19(2)18-28(23-11-6-5-7-12-23)25(35)33(26(29)30-28)20(3)21-9-8-10-22(17-21)24(34)31-13-15-32(16-14-31)27(36)37-4/h5-12,17,19-20H,13-16,18H2,1-4H3,(H2,29,30)/t20-,28-/m1/s1. The summed E-state index contributed by atoms with van der Waals surface area (Å²) < 4.78 is 4.77. The van der Waals surface area contributed by atoms with E-state index in [9.17, 15) is 14.4 Å². The summed E-state index contributed by atoms with van der Waals surface area (Å²) in [6.45, 7) is 7.67. The Morgan fingerprint density at radius 2 is 1.65 bits per heavy atom. The summed E-state index contributed by atoms with van der Waals surface area (Å²) in [5.74, 6) is -0.0171. The summed E-state index contributed by atoms with van der Waals surface area (Å²) in [6, 6.07) is 16.4. The fraction of sp³-hybridized carbons (Fsp3) is 0.429. The van der Waals surface area contributed by atoms with Gasteiger partial charge in [-0.15, -0.1) is 0 Å². The first-order chi connectivity index (χ1) is 17.7. The number of hydrogen-bond donors (Lipinski definition) is 2. The molecule has 2 N–H and O–H groups in total. The average Bonchev–Trinajstić information content (AvgIpc) is 3.17. The van der Waals surface area contributed by atoms with Crippen molar-refractivity contribution in [1.82, 2.24) is 20.0 Å². The Labute approximate surface area is 217 Å². The maximum atomic E-state index is 14.0. The molecule has 9 heteroatoms. The van der Waals surface area contributed by atoms with E-state index < -0.39 is 17.7 Å². The molecule has 0 spiro atoms. The number of rotatable bonds is 6. The van der Waals surface area contributed by atoms with Crippen LogP contribution in [-0.4, -0.2) is 71.9 Å². The quantitative estimate of drug-likeness (QED) is 0.624. The summed E-state index contributed by atoms with van der Waals surface area (Å²) in [5, 5.41) is 11.9. The lowest BCUT2D eigenvalue weighted by Gasteiger charge is -2.34. The van der Waals surface area contributed by atoms with Gasteiger partial charge in [0.15, 0.2) is 5.96 Å². The van der Waals surface area contributed by atoms with Crippen LogP contribution >= 0.6 is 0 Å². The van der Waals surface area contributed by atoms with Gasteiger partial charge < -0.3 is 19.9 Å². The predicted molar refractivity (Wildman–Crippen MR) is 140 cm³/mol. The molecule has 2 fully saturated rings. The van der Waals surface area contributed by atoms with Crippen molar-refractivity contribution >= 4 is 23.9 Å². The van der Waals surface area contributed by atoms with Crippen molar-refractivity contribution in [2.24, 2.45) is 5.92 Å². The van der Waals surface area contributed by atoms with Crippen molar-refractivity contribution in [3.05, 3.63) is 71.3 Å². The third kappa shape index (κ3) is 5.03. The van der Waals surface area contributed by atoms with Crippen LogP contribution in [0.15, 0.2) is 54.6 Å². The Morgan fingerprint density at radius 1 is 1.00 bits per heavy atom. The summed E-state index contributed by atoms with van der Waals surface area (Å²) in [4.78, 5) is 43.8. The molecule has 2 aromatic carbocycles. The average molecular weight is 506 g/mol. The minimum absolute atomic E-state index is 0.0534. The Kier molecular flexibility index (Phi) is 7.52. The number of carbonyl (C=O) groups excluding carboxylic acids is 3. The van der Waals surface area contributed by atoms with Crippen molar-refractivity contribution in [2.75, 3.05) is 33.3 Å². The van der Waals surface area contributed by atoms with Gasteiger partial charge in [0.25, 0.3) is 11.8 Å². The number of amides is 3. The summed E-state index contributed by atoms with van der Waals surface area (Å²) in [6.07, 6.45) is 0.163. The van der Waals surface area contributed by atoms with E-state index in [4.69, 9.17) is 10.1 Å². The topological polar surface area (TPSA) is 106 Å². The van der Waals surface area contributed by atoms with E-state index in [-0.39, 0.29) is 23.7 Å². The second-order valence-electron chi connectivity index (χ2n) is 10.1. The lowest BCUT2D eigenvalue weighted by atomic mass is 9.82. The van der Waals surface area contributed by atoms with Crippen molar-refractivity contribution in [3.63, 3.8) is 0 Å². The molecule has 4 rings (SSSR count). The SMILES string of the molecule is COC(=O)N1CCN(C(=O)c2cccc([C@@H](C)N3C(=N)N[C@](CC(C)C)(c4ccccc4)C3=O)c2)CC1.